The number of ether oxygens (including phenoxy) is 1. The Morgan fingerprint density at radius 1 is 0.722 bits per heavy atom. The SMILES string of the molecule is Oc1cc(Oc2cccc(O)c2O)cc(O)c1O. The van der Waals surface area contributed by atoms with Gasteiger partial charge in [0.15, 0.2) is 23.0 Å². The summed E-state index contributed by atoms with van der Waals surface area (Å²) >= 11 is 0. The van der Waals surface area contributed by atoms with Crippen LogP contribution in [0.4, 0.5) is 0 Å². The highest BCUT2D eigenvalue weighted by molar-refractivity contribution is 5.56. The molecule has 0 saturated carbocycles. The fraction of sp³-hybridized carbons (Fsp3) is 0. The molecule has 0 radical (unpaired) electrons. The summed E-state index contributed by atoms with van der Waals surface area (Å²) in [7, 11) is 0. The molecule has 0 saturated heterocycles. The molecule has 5 N–H and O–H groups in total. The number of hydrogen-bond donors (Lipinski definition) is 5. The van der Waals surface area contributed by atoms with Crippen molar-refractivity contribution in [3.63, 3.8) is 0 Å². The van der Waals surface area contributed by atoms with Crippen molar-refractivity contribution in [3.05, 3.63) is 30.3 Å². The Hall–Kier alpha value is -2.76. The third-order valence-electron chi connectivity index (χ3n) is 2.25. The van der Waals surface area contributed by atoms with E-state index in [1.54, 1.807) is 0 Å². The first kappa shape index (κ1) is 11.7. The fourth-order valence-corrected chi connectivity index (χ4v) is 1.36. The maximum Gasteiger partial charge on any atom is 0.201 e. The van der Waals surface area contributed by atoms with Crippen molar-refractivity contribution in [1.82, 2.24) is 0 Å². The van der Waals surface area contributed by atoms with Gasteiger partial charge in [-0.15, -0.1) is 0 Å². The first-order valence-electron chi connectivity index (χ1n) is 4.92. The standard InChI is InChI=1S/C12H10O6/c13-7-2-1-3-10(12(7)17)18-6-4-8(14)11(16)9(15)5-6/h1-5,13-17H. The lowest BCUT2D eigenvalue weighted by molar-refractivity contribution is 0.355. The van der Waals surface area contributed by atoms with Crippen LogP contribution < -0.4 is 4.74 Å². The average Bonchev–Trinajstić information content (AvgIpc) is 2.32. The molecule has 0 bridgehead atoms. The molecule has 0 amide bonds. The summed E-state index contributed by atoms with van der Waals surface area (Å²) in [5.74, 6) is -2.69. The normalized spacial score (nSPS) is 10.2. The fourth-order valence-electron chi connectivity index (χ4n) is 1.36. The lowest BCUT2D eigenvalue weighted by atomic mass is 10.2. The number of hydrogen-bond acceptors (Lipinski definition) is 6. The second-order valence-corrected chi connectivity index (χ2v) is 3.54. The van der Waals surface area contributed by atoms with E-state index in [0.29, 0.717) is 0 Å². The second-order valence-electron chi connectivity index (χ2n) is 3.54. The maximum absolute atomic E-state index is 9.50. The molecule has 0 atom stereocenters. The van der Waals surface area contributed by atoms with Gasteiger partial charge in [0.2, 0.25) is 11.5 Å². The minimum Gasteiger partial charge on any atom is -0.504 e. The molecule has 94 valence electrons. The van der Waals surface area contributed by atoms with Crippen LogP contribution in [0.2, 0.25) is 0 Å². The minimum atomic E-state index is -0.664. The molecule has 6 nitrogen and oxygen atoms in total. The van der Waals surface area contributed by atoms with Crippen molar-refractivity contribution in [2.45, 2.75) is 0 Å². The van der Waals surface area contributed by atoms with Crippen LogP contribution in [0.3, 0.4) is 0 Å². The van der Waals surface area contributed by atoms with Gasteiger partial charge in [0.05, 0.1) is 0 Å². The predicted octanol–water partition coefficient (Wildman–Crippen LogP) is 2.01. The van der Waals surface area contributed by atoms with Crippen molar-refractivity contribution in [2.75, 3.05) is 0 Å². The summed E-state index contributed by atoms with van der Waals surface area (Å²) in [6, 6.07) is 6.21. The number of phenolic OH excluding ortho intramolecular Hbond substituents is 5. The quantitative estimate of drug-likeness (QED) is 0.521. The Kier molecular flexibility index (Phi) is 2.77. The number of rotatable bonds is 2. The smallest absolute Gasteiger partial charge is 0.201 e. The molecule has 0 aliphatic rings. The molecule has 0 unspecified atom stereocenters. The van der Waals surface area contributed by atoms with E-state index in [-0.39, 0.29) is 17.2 Å². The molecule has 0 aromatic heterocycles. The van der Waals surface area contributed by atoms with Crippen molar-refractivity contribution in [1.29, 1.82) is 0 Å². The van der Waals surface area contributed by atoms with Gasteiger partial charge in [0.25, 0.3) is 0 Å². The maximum atomic E-state index is 9.50. The van der Waals surface area contributed by atoms with Gasteiger partial charge in [0.1, 0.15) is 5.75 Å². The molecule has 2 aromatic carbocycles. The number of para-hydroxylation sites is 1. The molecule has 0 heterocycles. The third-order valence-corrected chi connectivity index (χ3v) is 2.25. The molecular weight excluding hydrogens is 240 g/mol. The molecule has 18 heavy (non-hydrogen) atoms. The van der Waals surface area contributed by atoms with Gasteiger partial charge in [-0.25, -0.2) is 0 Å². The van der Waals surface area contributed by atoms with Crippen molar-refractivity contribution < 1.29 is 30.3 Å². The first-order valence-corrected chi connectivity index (χ1v) is 4.92. The van der Waals surface area contributed by atoms with E-state index in [1.807, 2.05) is 0 Å². The van der Waals surface area contributed by atoms with Crippen LogP contribution in [0.25, 0.3) is 0 Å². The summed E-state index contributed by atoms with van der Waals surface area (Å²) in [4.78, 5) is 0. The molecule has 0 fully saturated rings. The van der Waals surface area contributed by atoms with Gasteiger partial charge in [-0.1, -0.05) is 6.07 Å². The van der Waals surface area contributed by atoms with Crippen LogP contribution in [0, 0.1) is 0 Å². The Bertz CT molecular complexity index is 570. The number of phenols is 5. The third kappa shape index (κ3) is 2.03. The lowest BCUT2D eigenvalue weighted by Crippen LogP contribution is -1.85. The van der Waals surface area contributed by atoms with E-state index in [4.69, 9.17) is 9.84 Å². The Balaban J connectivity index is 2.37. The van der Waals surface area contributed by atoms with Crippen molar-refractivity contribution in [3.8, 4) is 40.2 Å². The average molecular weight is 250 g/mol. The second kappa shape index (κ2) is 4.25. The summed E-state index contributed by atoms with van der Waals surface area (Å²) in [6.45, 7) is 0. The van der Waals surface area contributed by atoms with Crippen molar-refractivity contribution >= 4 is 0 Å². The monoisotopic (exact) mass is 250 g/mol. The highest BCUT2D eigenvalue weighted by Crippen LogP contribution is 2.42. The van der Waals surface area contributed by atoms with Crippen LogP contribution in [-0.4, -0.2) is 25.5 Å². The molecule has 0 aliphatic carbocycles. The summed E-state index contributed by atoms with van der Waals surface area (Å²) < 4.78 is 5.17. The highest BCUT2D eigenvalue weighted by atomic mass is 16.5. The van der Waals surface area contributed by atoms with E-state index in [1.165, 1.54) is 18.2 Å². The number of benzene rings is 2. The van der Waals surface area contributed by atoms with E-state index >= 15 is 0 Å². The summed E-state index contributed by atoms with van der Waals surface area (Å²) in [5, 5.41) is 46.5. The van der Waals surface area contributed by atoms with Gasteiger partial charge >= 0.3 is 0 Å². The van der Waals surface area contributed by atoms with E-state index in [0.717, 1.165) is 12.1 Å². The Morgan fingerprint density at radius 3 is 1.94 bits per heavy atom. The van der Waals surface area contributed by atoms with E-state index in [2.05, 4.69) is 0 Å². The van der Waals surface area contributed by atoms with Crippen LogP contribution >= 0.6 is 0 Å². The van der Waals surface area contributed by atoms with E-state index in [9.17, 15) is 20.4 Å². The van der Waals surface area contributed by atoms with Crippen LogP contribution in [0.15, 0.2) is 30.3 Å². The van der Waals surface area contributed by atoms with E-state index < -0.39 is 23.0 Å². The van der Waals surface area contributed by atoms with Crippen LogP contribution in [0.1, 0.15) is 0 Å². The molecule has 0 aliphatic heterocycles. The molecule has 2 aromatic rings. The van der Waals surface area contributed by atoms with Crippen LogP contribution in [-0.2, 0) is 0 Å². The zero-order chi connectivity index (χ0) is 13.3. The number of aromatic hydroxyl groups is 5. The van der Waals surface area contributed by atoms with Gasteiger partial charge in [-0.05, 0) is 12.1 Å². The van der Waals surface area contributed by atoms with Crippen molar-refractivity contribution in [2.24, 2.45) is 0 Å². The van der Waals surface area contributed by atoms with Gasteiger partial charge < -0.3 is 30.3 Å². The Morgan fingerprint density at radius 2 is 1.33 bits per heavy atom. The molecule has 2 rings (SSSR count). The predicted molar refractivity (Wildman–Crippen MR) is 61.3 cm³/mol. The summed E-state index contributed by atoms with van der Waals surface area (Å²) in [5.41, 5.74) is 0. The minimum absolute atomic E-state index is 0.0105. The molecule has 0 spiro atoms. The van der Waals surface area contributed by atoms with Gasteiger partial charge in [-0.2, -0.15) is 0 Å². The zero-order valence-corrected chi connectivity index (χ0v) is 9.03. The zero-order valence-electron chi connectivity index (χ0n) is 9.03. The van der Waals surface area contributed by atoms with Gasteiger partial charge in [0, 0.05) is 12.1 Å². The van der Waals surface area contributed by atoms with Gasteiger partial charge in [-0.3, -0.25) is 0 Å². The largest absolute Gasteiger partial charge is 0.504 e. The summed E-state index contributed by atoms with van der Waals surface area (Å²) in [6.07, 6.45) is 0. The topological polar surface area (TPSA) is 110 Å². The molecular formula is C12H10O6. The highest BCUT2D eigenvalue weighted by Gasteiger charge is 2.12. The van der Waals surface area contributed by atoms with Crippen LogP contribution in [0.5, 0.6) is 40.2 Å². The molecule has 6 heteroatoms. The lowest BCUT2D eigenvalue weighted by Gasteiger charge is -2.10. The first-order chi connectivity index (χ1) is 8.49. The Labute approximate surface area is 102 Å².